The molecule has 0 bridgehead atoms. The highest BCUT2D eigenvalue weighted by Gasteiger charge is 2.33. The van der Waals surface area contributed by atoms with Gasteiger partial charge < -0.3 is 9.80 Å². The summed E-state index contributed by atoms with van der Waals surface area (Å²) in [7, 11) is 2.19. The van der Waals surface area contributed by atoms with Crippen LogP contribution in [-0.2, 0) is 6.42 Å². The number of piperazine rings is 1. The molecule has 0 radical (unpaired) electrons. The minimum atomic E-state index is 0. The maximum atomic E-state index is 6.26. The predicted octanol–water partition coefficient (Wildman–Crippen LogP) is 3.98. The SMILES string of the molecule is CN1CCN2c3ncccc3Cc3ccc(Cl)cc3C2C1.Cl.Cl. The number of nitrogens with zero attached hydrogens (tertiary/aromatic N) is 3. The standard InChI is InChI=1S/C17H18ClN3.2ClH/c1-20-7-8-21-16(11-20)15-10-14(18)5-4-12(15)9-13-3-2-6-19-17(13)21;;/h2-6,10,16H,7-9,11H2,1H3;2*1H. The third-order valence-corrected chi connectivity index (χ3v) is 4.81. The summed E-state index contributed by atoms with van der Waals surface area (Å²) in [5, 5.41) is 0.820. The lowest BCUT2D eigenvalue weighted by atomic mass is 9.96. The van der Waals surface area contributed by atoms with E-state index in [1.165, 1.54) is 16.7 Å². The Hall–Kier alpha value is -1.000. The average molecular weight is 373 g/mol. The minimum Gasteiger partial charge on any atom is -0.347 e. The fourth-order valence-corrected chi connectivity index (χ4v) is 3.69. The highest BCUT2D eigenvalue weighted by atomic mass is 35.5. The van der Waals surface area contributed by atoms with Crippen molar-refractivity contribution < 1.29 is 0 Å². The molecule has 3 heterocycles. The van der Waals surface area contributed by atoms with Crippen LogP contribution in [0.25, 0.3) is 0 Å². The molecule has 0 N–H and O–H groups in total. The molecule has 1 fully saturated rings. The number of hydrogen-bond acceptors (Lipinski definition) is 3. The van der Waals surface area contributed by atoms with Gasteiger partial charge in [-0.05, 0) is 41.9 Å². The van der Waals surface area contributed by atoms with Gasteiger partial charge in [0.1, 0.15) is 5.82 Å². The van der Waals surface area contributed by atoms with Crippen LogP contribution in [0, 0.1) is 0 Å². The Labute approximate surface area is 154 Å². The molecule has 1 unspecified atom stereocenters. The van der Waals surface area contributed by atoms with Crippen LogP contribution in [0.3, 0.4) is 0 Å². The van der Waals surface area contributed by atoms with E-state index in [2.05, 4.69) is 40.0 Å². The largest absolute Gasteiger partial charge is 0.347 e. The van der Waals surface area contributed by atoms with Gasteiger partial charge in [-0.1, -0.05) is 23.7 Å². The Morgan fingerprint density at radius 2 is 1.96 bits per heavy atom. The van der Waals surface area contributed by atoms with Crippen LogP contribution in [0.5, 0.6) is 0 Å². The van der Waals surface area contributed by atoms with Gasteiger partial charge in [-0.3, -0.25) is 0 Å². The molecule has 0 saturated carbocycles. The molecule has 1 saturated heterocycles. The van der Waals surface area contributed by atoms with Crippen LogP contribution in [0.15, 0.2) is 36.5 Å². The molecule has 0 aliphatic carbocycles. The molecule has 23 heavy (non-hydrogen) atoms. The zero-order valence-electron chi connectivity index (χ0n) is 12.9. The average Bonchev–Trinajstić information content (AvgIpc) is 2.62. The quantitative estimate of drug-likeness (QED) is 0.697. The van der Waals surface area contributed by atoms with Crippen molar-refractivity contribution >= 4 is 42.2 Å². The minimum absolute atomic E-state index is 0. The first-order valence-electron chi connectivity index (χ1n) is 7.40. The van der Waals surface area contributed by atoms with E-state index in [0.29, 0.717) is 6.04 Å². The van der Waals surface area contributed by atoms with Crippen LogP contribution >= 0.6 is 36.4 Å². The number of pyridine rings is 1. The molecular weight excluding hydrogens is 353 g/mol. The first-order chi connectivity index (χ1) is 10.2. The second-order valence-electron chi connectivity index (χ2n) is 5.98. The van der Waals surface area contributed by atoms with Crippen molar-refractivity contribution in [3.63, 3.8) is 0 Å². The molecule has 0 amide bonds. The maximum absolute atomic E-state index is 6.26. The summed E-state index contributed by atoms with van der Waals surface area (Å²) in [5.41, 5.74) is 4.04. The van der Waals surface area contributed by atoms with Gasteiger partial charge in [-0.2, -0.15) is 0 Å². The molecule has 1 atom stereocenters. The summed E-state index contributed by atoms with van der Waals surface area (Å²) in [6.07, 6.45) is 2.84. The maximum Gasteiger partial charge on any atom is 0.132 e. The fraction of sp³-hybridized carbons (Fsp3) is 0.353. The van der Waals surface area contributed by atoms with Gasteiger partial charge in [0.05, 0.1) is 6.04 Å². The van der Waals surface area contributed by atoms with Gasteiger partial charge in [0.2, 0.25) is 0 Å². The van der Waals surface area contributed by atoms with Crippen molar-refractivity contribution in [2.45, 2.75) is 12.5 Å². The number of halogens is 3. The van der Waals surface area contributed by atoms with Crippen LogP contribution < -0.4 is 4.90 Å². The normalized spacial score (nSPS) is 19.4. The zero-order valence-corrected chi connectivity index (χ0v) is 15.3. The van der Waals surface area contributed by atoms with E-state index >= 15 is 0 Å². The Balaban J connectivity index is 0.000000960. The van der Waals surface area contributed by atoms with Crippen LogP contribution in [-0.4, -0.2) is 36.6 Å². The highest BCUT2D eigenvalue weighted by molar-refractivity contribution is 6.30. The number of benzene rings is 1. The second kappa shape index (κ2) is 7.27. The number of anilines is 1. The number of likely N-dealkylation sites (N-methyl/N-ethyl adjacent to an activating group) is 1. The van der Waals surface area contributed by atoms with Gasteiger partial charge in [0.25, 0.3) is 0 Å². The van der Waals surface area contributed by atoms with E-state index in [9.17, 15) is 0 Å². The molecule has 1 aromatic carbocycles. The van der Waals surface area contributed by atoms with Gasteiger partial charge in [-0.15, -0.1) is 24.8 Å². The van der Waals surface area contributed by atoms with E-state index in [4.69, 9.17) is 11.6 Å². The van der Waals surface area contributed by atoms with Crippen molar-refractivity contribution in [1.82, 2.24) is 9.88 Å². The first kappa shape index (κ1) is 18.3. The highest BCUT2D eigenvalue weighted by Crippen LogP contribution is 2.38. The van der Waals surface area contributed by atoms with Crippen LogP contribution in [0.1, 0.15) is 22.7 Å². The number of fused-ring (bicyclic) bond motifs is 5. The van der Waals surface area contributed by atoms with Crippen molar-refractivity contribution in [3.8, 4) is 0 Å². The molecule has 0 spiro atoms. The first-order valence-corrected chi connectivity index (χ1v) is 7.77. The Morgan fingerprint density at radius 3 is 2.78 bits per heavy atom. The van der Waals surface area contributed by atoms with E-state index in [0.717, 1.165) is 36.9 Å². The molecule has 2 aliphatic heterocycles. The molecule has 2 aliphatic rings. The summed E-state index contributed by atoms with van der Waals surface area (Å²) < 4.78 is 0. The number of rotatable bonds is 0. The Morgan fingerprint density at radius 1 is 1.13 bits per heavy atom. The topological polar surface area (TPSA) is 19.4 Å². The monoisotopic (exact) mass is 371 g/mol. The van der Waals surface area contributed by atoms with Gasteiger partial charge in [-0.25, -0.2) is 4.98 Å². The van der Waals surface area contributed by atoms with E-state index in [1.54, 1.807) is 0 Å². The summed E-state index contributed by atoms with van der Waals surface area (Å²) >= 11 is 6.26. The van der Waals surface area contributed by atoms with Gasteiger partial charge >= 0.3 is 0 Å². The smallest absolute Gasteiger partial charge is 0.132 e. The van der Waals surface area contributed by atoms with Crippen molar-refractivity contribution in [2.75, 3.05) is 31.6 Å². The molecular formula is C17H20Cl3N3. The lowest BCUT2D eigenvalue weighted by Crippen LogP contribution is -2.47. The molecule has 2 aromatic rings. The summed E-state index contributed by atoms with van der Waals surface area (Å²) in [5.74, 6) is 1.14. The Kier molecular flexibility index (Phi) is 5.79. The van der Waals surface area contributed by atoms with Crippen molar-refractivity contribution in [1.29, 1.82) is 0 Å². The van der Waals surface area contributed by atoms with Gasteiger partial charge in [0, 0.05) is 37.3 Å². The summed E-state index contributed by atoms with van der Waals surface area (Å²) in [6.45, 7) is 3.10. The fourth-order valence-electron chi connectivity index (χ4n) is 3.51. The summed E-state index contributed by atoms with van der Waals surface area (Å²) in [6, 6.07) is 10.9. The third-order valence-electron chi connectivity index (χ3n) is 4.57. The van der Waals surface area contributed by atoms with Crippen LogP contribution in [0.4, 0.5) is 5.82 Å². The van der Waals surface area contributed by atoms with E-state index in [-0.39, 0.29) is 24.8 Å². The van der Waals surface area contributed by atoms with Crippen LogP contribution in [0.2, 0.25) is 5.02 Å². The lowest BCUT2D eigenvalue weighted by molar-refractivity contribution is 0.268. The molecule has 3 nitrogen and oxygen atoms in total. The lowest BCUT2D eigenvalue weighted by Gasteiger charge is -2.41. The molecule has 124 valence electrons. The zero-order chi connectivity index (χ0) is 14.4. The third kappa shape index (κ3) is 3.29. The van der Waals surface area contributed by atoms with Crippen molar-refractivity contribution in [3.05, 3.63) is 58.2 Å². The van der Waals surface area contributed by atoms with E-state index in [1.807, 2.05) is 18.3 Å². The molecule has 6 heteroatoms. The molecule has 4 rings (SSSR count). The van der Waals surface area contributed by atoms with E-state index < -0.39 is 0 Å². The summed E-state index contributed by atoms with van der Waals surface area (Å²) in [4.78, 5) is 9.51. The Bertz CT molecular complexity index is 693. The van der Waals surface area contributed by atoms with Gasteiger partial charge in [0.15, 0.2) is 0 Å². The predicted molar refractivity (Wildman–Crippen MR) is 101 cm³/mol. The second-order valence-corrected chi connectivity index (χ2v) is 6.41. The van der Waals surface area contributed by atoms with Crippen molar-refractivity contribution in [2.24, 2.45) is 0 Å². The molecule has 1 aromatic heterocycles. The number of aromatic nitrogens is 1. The number of hydrogen-bond donors (Lipinski definition) is 0.